The topological polar surface area (TPSA) is 43.8 Å². The van der Waals surface area contributed by atoms with Gasteiger partial charge in [0, 0.05) is 37.7 Å². The van der Waals surface area contributed by atoms with Crippen LogP contribution in [-0.2, 0) is 4.79 Å². The van der Waals surface area contributed by atoms with Crippen molar-refractivity contribution in [3.05, 3.63) is 0 Å². The van der Waals surface area contributed by atoms with Crippen LogP contribution in [0.2, 0.25) is 0 Å². The molecule has 1 rings (SSSR count). The van der Waals surface area contributed by atoms with Crippen LogP contribution in [0.25, 0.3) is 0 Å². The molecule has 0 spiro atoms. The second-order valence-electron chi connectivity index (χ2n) is 5.23. The highest BCUT2D eigenvalue weighted by atomic mass is 16.3. The van der Waals surface area contributed by atoms with Gasteiger partial charge in [0.25, 0.3) is 0 Å². The quantitative estimate of drug-likeness (QED) is 0.747. The summed E-state index contributed by atoms with van der Waals surface area (Å²) in [6.45, 7) is 10.6. The second-order valence-corrected chi connectivity index (χ2v) is 5.23. The Balaban J connectivity index is 2.39. The fourth-order valence-corrected chi connectivity index (χ4v) is 2.37. The van der Waals surface area contributed by atoms with Gasteiger partial charge in [-0.05, 0) is 27.7 Å². The molecule has 0 aromatic heterocycles. The van der Waals surface area contributed by atoms with Gasteiger partial charge in [-0.25, -0.2) is 0 Å². The molecule has 16 heavy (non-hydrogen) atoms. The molecule has 1 aliphatic heterocycles. The number of aliphatic hydroxyl groups is 1. The fourth-order valence-electron chi connectivity index (χ4n) is 2.37. The van der Waals surface area contributed by atoms with E-state index < -0.39 is 0 Å². The number of hydrogen-bond donors (Lipinski definition) is 1. The molecule has 1 amide bonds. The number of hydrogen-bond acceptors (Lipinski definition) is 3. The molecule has 4 nitrogen and oxygen atoms in total. The minimum atomic E-state index is 0.196. The van der Waals surface area contributed by atoms with Crippen molar-refractivity contribution in [1.29, 1.82) is 0 Å². The lowest BCUT2D eigenvalue weighted by Crippen LogP contribution is -2.54. The molecule has 0 aliphatic carbocycles. The Morgan fingerprint density at radius 2 is 1.81 bits per heavy atom. The van der Waals surface area contributed by atoms with E-state index in [9.17, 15) is 4.79 Å². The number of amides is 1. The molecule has 4 heteroatoms. The molecule has 94 valence electrons. The molecule has 0 bridgehead atoms. The minimum absolute atomic E-state index is 0.196. The van der Waals surface area contributed by atoms with E-state index in [0.29, 0.717) is 12.5 Å². The van der Waals surface area contributed by atoms with Gasteiger partial charge in [-0.1, -0.05) is 0 Å². The first kappa shape index (κ1) is 13.5. The third kappa shape index (κ3) is 3.19. The summed E-state index contributed by atoms with van der Waals surface area (Å²) in [5.41, 5.74) is 0. The molecule has 0 aromatic carbocycles. The van der Waals surface area contributed by atoms with E-state index in [1.165, 1.54) is 0 Å². The highest BCUT2D eigenvalue weighted by Crippen LogP contribution is 2.15. The standard InChI is InChI=1S/C12H24N2O2/c1-9(2)14(10(3)4)12(16)7-13-5-11(6-13)8-15/h9-11,15H,5-8H2,1-4H3. The Hall–Kier alpha value is -0.610. The molecule has 0 atom stereocenters. The van der Waals surface area contributed by atoms with Crippen molar-refractivity contribution in [3.63, 3.8) is 0 Å². The Morgan fingerprint density at radius 1 is 1.31 bits per heavy atom. The van der Waals surface area contributed by atoms with E-state index >= 15 is 0 Å². The molecule has 0 aromatic rings. The first-order chi connectivity index (χ1) is 7.45. The van der Waals surface area contributed by atoms with Gasteiger partial charge in [0.15, 0.2) is 0 Å². The summed E-state index contributed by atoms with van der Waals surface area (Å²) in [7, 11) is 0. The minimum Gasteiger partial charge on any atom is -0.396 e. The molecule has 1 aliphatic rings. The highest BCUT2D eigenvalue weighted by Gasteiger charge is 2.30. The Morgan fingerprint density at radius 3 is 2.19 bits per heavy atom. The van der Waals surface area contributed by atoms with Crippen molar-refractivity contribution in [2.75, 3.05) is 26.2 Å². The van der Waals surface area contributed by atoms with Crippen LogP contribution in [0.3, 0.4) is 0 Å². The number of carbonyl (C=O) groups excluding carboxylic acids is 1. The van der Waals surface area contributed by atoms with Crippen molar-refractivity contribution in [3.8, 4) is 0 Å². The number of aliphatic hydroxyl groups excluding tert-OH is 1. The zero-order valence-corrected chi connectivity index (χ0v) is 10.8. The third-order valence-electron chi connectivity index (χ3n) is 3.05. The maximum atomic E-state index is 12.0. The summed E-state index contributed by atoms with van der Waals surface area (Å²) in [6.07, 6.45) is 0. The van der Waals surface area contributed by atoms with Crippen LogP contribution in [-0.4, -0.2) is 59.1 Å². The molecular formula is C12H24N2O2. The fraction of sp³-hybridized carbons (Fsp3) is 0.917. The van der Waals surface area contributed by atoms with Crippen LogP contribution in [0.15, 0.2) is 0 Å². The zero-order chi connectivity index (χ0) is 12.3. The third-order valence-corrected chi connectivity index (χ3v) is 3.05. The van der Waals surface area contributed by atoms with Crippen LogP contribution in [0, 0.1) is 5.92 Å². The van der Waals surface area contributed by atoms with E-state index in [4.69, 9.17) is 5.11 Å². The van der Waals surface area contributed by atoms with Gasteiger partial charge < -0.3 is 10.0 Å². The van der Waals surface area contributed by atoms with Crippen molar-refractivity contribution < 1.29 is 9.90 Å². The van der Waals surface area contributed by atoms with Crippen LogP contribution in [0.4, 0.5) is 0 Å². The van der Waals surface area contributed by atoms with Gasteiger partial charge >= 0.3 is 0 Å². The maximum Gasteiger partial charge on any atom is 0.237 e. The van der Waals surface area contributed by atoms with E-state index in [0.717, 1.165) is 13.1 Å². The van der Waals surface area contributed by atoms with Gasteiger partial charge in [0.05, 0.1) is 6.54 Å². The summed E-state index contributed by atoms with van der Waals surface area (Å²) in [5.74, 6) is 0.570. The lowest BCUT2D eigenvalue weighted by Gasteiger charge is -2.40. The summed E-state index contributed by atoms with van der Waals surface area (Å²) < 4.78 is 0. The SMILES string of the molecule is CC(C)N(C(=O)CN1CC(CO)C1)C(C)C. The summed E-state index contributed by atoms with van der Waals surface area (Å²) in [5, 5.41) is 8.90. The van der Waals surface area contributed by atoms with Gasteiger partial charge in [-0.2, -0.15) is 0 Å². The summed E-state index contributed by atoms with van der Waals surface area (Å²) in [4.78, 5) is 16.1. The van der Waals surface area contributed by atoms with Gasteiger partial charge in [-0.15, -0.1) is 0 Å². The van der Waals surface area contributed by atoms with Crippen molar-refractivity contribution in [2.24, 2.45) is 5.92 Å². The van der Waals surface area contributed by atoms with Gasteiger partial charge in [0.1, 0.15) is 0 Å². The van der Waals surface area contributed by atoms with E-state index in [-0.39, 0.29) is 24.6 Å². The predicted octanol–water partition coefficient (Wildman–Crippen LogP) is 0.556. The molecule has 1 saturated heterocycles. The highest BCUT2D eigenvalue weighted by molar-refractivity contribution is 5.79. The molecule has 0 saturated carbocycles. The lowest BCUT2D eigenvalue weighted by atomic mass is 10.0. The first-order valence-corrected chi connectivity index (χ1v) is 6.10. The number of rotatable bonds is 5. The first-order valence-electron chi connectivity index (χ1n) is 6.10. The Bertz CT molecular complexity index is 227. The number of likely N-dealkylation sites (tertiary alicyclic amines) is 1. The van der Waals surface area contributed by atoms with Crippen LogP contribution >= 0.6 is 0 Å². The number of carbonyl (C=O) groups is 1. The van der Waals surface area contributed by atoms with E-state index in [1.807, 2.05) is 32.6 Å². The van der Waals surface area contributed by atoms with Crippen molar-refractivity contribution in [2.45, 2.75) is 39.8 Å². The van der Waals surface area contributed by atoms with Crippen molar-refractivity contribution in [1.82, 2.24) is 9.80 Å². The monoisotopic (exact) mass is 228 g/mol. The number of nitrogens with zero attached hydrogens (tertiary/aromatic N) is 2. The van der Waals surface area contributed by atoms with E-state index in [2.05, 4.69) is 4.90 Å². The van der Waals surface area contributed by atoms with Crippen molar-refractivity contribution >= 4 is 5.91 Å². The Labute approximate surface area is 98.2 Å². The van der Waals surface area contributed by atoms with Gasteiger partial charge in [0.2, 0.25) is 5.91 Å². The average Bonchev–Trinajstić information content (AvgIpc) is 2.08. The molecular weight excluding hydrogens is 204 g/mol. The molecule has 1 heterocycles. The lowest BCUT2D eigenvalue weighted by molar-refractivity contribution is -0.138. The average molecular weight is 228 g/mol. The second kappa shape index (κ2) is 5.64. The smallest absolute Gasteiger partial charge is 0.237 e. The summed E-state index contributed by atoms with van der Waals surface area (Å²) in [6, 6.07) is 0.504. The Kier molecular flexibility index (Phi) is 4.74. The molecule has 1 fully saturated rings. The molecule has 0 radical (unpaired) electrons. The van der Waals surface area contributed by atoms with Gasteiger partial charge in [-0.3, -0.25) is 9.69 Å². The zero-order valence-electron chi connectivity index (χ0n) is 10.8. The summed E-state index contributed by atoms with van der Waals surface area (Å²) >= 11 is 0. The van der Waals surface area contributed by atoms with Crippen LogP contribution in [0.5, 0.6) is 0 Å². The normalized spacial score (nSPS) is 17.9. The maximum absolute atomic E-state index is 12.0. The molecule has 1 N–H and O–H groups in total. The van der Waals surface area contributed by atoms with E-state index in [1.54, 1.807) is 0 Å². The molecule has 0 unspecified atom stereocenters. The predicted molar refractivity (Wildman–Crippen MR) is 64.1 cm³/mol. The van der Waals surface area contributed by atoms with Crippen LogP contribution < -0.4 is 0 Å². The largest absolute Gasteiger partial charge is 0.396 e. The van der Waals surface area contributed by atoms with Crippen LogP contribution in [0.1, 0.15) is 27.7 Å².